The number of benzene rings is 1. The van der Waals surface area contributed by atoms with E-state index < -0.39 is 17.6 Å². The van der Waals surface area contributed by atoms with Gasteiger partial charge in [-0.2, -0.15) is 13.2 Å². The van der Waals surface area contributed by atoms with E-state index in [1.54, 1.807) is 6.07 Å². The predicted molar refractivity (Wildman–Crippen MR) is 88.8 cm³/mol. The zero-order valence-corrected chi connectivity index (χ0v) is 14.5. The number of halogens is 4. The summed E-state index contributed by atoms with van der Waals surface area (Å²) in [6.45, 7) is 1.97. The van der Waals surface area contributed by atoms with Gasteiger partial charge in [-0.1, -0.05) is 0 Å². The highest BCUT2D eigenvalue weighted by atomic mass is 79.9. The molecule has 0 atom stereocenters. The summed E-state index contributed by atoms with van der Waals surface area (Å²) < 4.78 is 50.8. The summed E-state index contributed by atoms with van der Waals surface area (Å²) in [6, 6.07) is 5.25. The largest absolute Gasteiger partial charge is 0.457 e. The van der Waals surface area contributed by atoms with Gasteiger partial charge in [0.25, 0.3) is 5.91 Å². The van der Waals surface area contributed by atoms with Crippen LogP contribution in [0.3, 0.4) is 0 Å². The van der Waals surface area contributed by atoms with Crippen molar-refractivity contribution in [3.8, 4) is 0 Å². The molecular formula is C16H14BrF3N2O3. The van der Waals surface area contributed by atoms with Crippen LogP contribution in [0.15, 0.2) is 39.6 Å². The Kier molecular flexibility index (Phi) is 5.05. The number of carbonyl (C=O) groups is 1. The van der Waals surface area contributed by atoms with Crippen molar-refractivity contribution in [2.45, 2.75) is 6.18 Å². The normalized spacial score (nSPS) is 15.3. The number of morpholine rings is 1. The third-order valence-corrected chi connectivity index (χ3v) is 4.18. The smallest absolute Gasteiger partial charge is 0.418 e. The van der Waals surface area contributed by atoms with E-state index in [0.29, 0.717) is 36.7 Å². The molecule has 0 aliphatic carbocycles. The van der Waals surface area contributed by atoms with E-state index in [1.165, 1.54) is 12.1 Å². The molecule has 1 amide bonds. The Hall–Kier alpha value is -2.00. The molecule has 3 rings (SSSR count). The molecule has 1 aliphatic heterocycles. The van der Waals surface area contributed by atoms with Gasteiger partial charge in [-0.15, -0.1) is 0 Å². The summed E-state index contributed by atoms with van der Waals surface area (Å²) in [7, 11) is 0. The molecule has 1 aliphatic rings. The van der Waals surface area contributed by atoms with E-state index in [2.05, 4.69) is 21.2 Å². The van der Waals surface area contributed by atoms with E-state index in [4.69, 9.17) is 9.15 Å². The quantitative estimate of drug-likeness (QED) is 0.813. The molecule has 0 radical (unpaired) electrons. The molecule has 0 spiro atoms. The summed E-state index contributed by atoms with van der Waals surface area (Å²) in [6.07, 6.45) is -3.43. The van der Waals surface area contributed by atoms with E-state index >= 15 is 0 Å². The number of alkyl halides is 3. The van der Waals surface area contributed by atoms with Crippen molar-refractivity contribution in [1.82, 2.24) is 0 Å². The molecular weight excluding hydrogens is 405 g/mol. The van der Waals surface area contributed by atoms with Gasteiger partial charge < -0.3 is 19.4 Å². The Morgan fingerprint density at radius 2 is 1.92 bits per heavy atom. The van der Waals surface area contributed by atoms with Crippen LogP contribution in [0.25, 0.3) is 0 Å². The molecule has 5 nitrogen and oxygen atoms in total. The molecule has 1 N–H and O–H groups in total. The van der Waals surface area contributed by atoms with Crippen molar-refractivity contribution in [2.24, 2.45) is 0 Å². The summed E-state index contributed by atoms with van der Waals surface area (Å²) in [5.41, 5.74) is -0.629. The van der Waals surface area contributed by atoms with Crippen molar-refractivity contribution >= 4 is 33.2 Å². The molecule has 1 aromatic carbocycles. The lowest BCUT2D eigenvalue weighted by molar-refractivity contribution is -0.136. The Morgan fingerprint density at radius 3 is 2.52 bits per heavy atom. The van der Waals surface area contributed by atoms with Gasteiger partial charge in [0, 0.05) is 24.8 Å². The van der Waals surface area contributed by atoms with Gasteiger partial charge in [-0.3, -0.25) is 4.79 Å². The van der Waals surface area contributed by atoms with Gasteiger partial charge in [0.2, 0.25) is 0 Å². The van der Waals surface area contributed by atoms with Crippen LogP contribution in [-0.4, -0.2) is 32.2 Å². The average Bonchev–Trinajstić information content (AvgIpc) is 3.02. The molecule has 2 heterocycles. The standard InChI is InChI=1S/C16H14BrF3N2O3/c17-14-7-10(9-25-14)15(23)21-13-2-1-11(8-12(13)16(18,19)20)22-3-5-24-6-4-22/h1-2,7-9H,3-6H2,(H,21,23). The Morgan fingerprint density at radius 1 is 1.20 bits per heavy atom. The monoisotopic (exact) mass is 418 g/mol. The predicted octanol–water partition coefficient (Wildman–Crippen LogP) is 4.15. The summed E-state index contributed by atoms with van der Waals surface area (Å²) in [4.78, 5) is 13.9. The number of nitrogens with zero attached hydrogens (tertiary/aromatic N) is 1. The Bertz CT molecular complexity index is 770. The van der Waals surface area contributed by atoms with Crippen molar-refractivity contribution < 1.29 is 27.1 Å². The van der Waals surface area contributed by atoms with E-state index in [1.807, 2.05) is 4.90 Å². The molecule has 1 saturated heterocycles. The molecule has 134 valence electrons. The first-order chi connectivity index (χ1) is 11.8. The zero-order valence-electron chi connectivity index (χ0n) is 12.9. The van der Waals surface area contributed by atoms with Gasteiger partial charge in [-0.25, -0.2) is 0 Å². The second kappa shape index (κ2) is 7.09. The highest BCUT2D eigenvalue weighted by Crippen LogP contribution is 2.37. The van der Waals surface area contributed by atoms with Gasteiger partial charge in [0.05, 0.1) is 30.0 Å². The number of carbonyl (C=O) groups excluding carboxylic acids is 1. The van der Waals surface area contributed by atoms with Crippen LogP contribution >= 0.6 is 15.9 Å². The second-order valence-electron chi connectivity index (χ2n) is 5.42. The van der Waals surface area contributed by atoms with E-state index in [9.17, 15) is 18.0 Å². The van der Waals surface area contributed by atoms with Crippen LogP contribution in [0, 0.1) is 0 Å². The van der Waals surface area contributed by atoms with Crippen LogP contribution in [-0.2, 0) is 10.9 Å². The number of furan rings is 1. The molecule has 0 unspecified atom stereocenters. The van der Waals surface area contributed by atoms with Crippen molar-refractivity contribution in [3.05, 3.63) is 46.3 Å². The minimum atomic E-state index is -4.60. The number of rotatable bonds is 3. The lowest BCUT2D eigenvalue weighted by Gasteiger charge is -2.29. The third-order valence-electron chi connectivity index (χ3n) is 3.76. The van der Waals surface area contributed by atoms with Crippen LogP contribution in [0.1, 0.15) is 15.9 Å². The number of hydrogen-bond donors (Lipinski definition) is 1. The molecule has 0 saturated carbocycles. The first-order valence-corrected chi connectivity index (χ1v) is 8.23. The van der Waals surface area contributed by atoms with Gasteiger partial charge >= 0.3 is 6.18 Å². The van der Waals surface area contributed by atoms with Gasteiger partial charge in [-0.05, 0) is 34.1 Å². The first kappa shape index (κ1) is 17.8. The van der Waals surface area contributed by atoms with Crippen LogP contribution in [0.4, 0.5) is 24.5 Å². The molecule has 1 aromatic heterocycles. The van der Waals surface area contributed by atoms with E-state index in [-0.39, 0.29) is 11.3 Å². The van der Waals surface area contributed by atoms with Gasteiger partial charge in [0.1, 0.15) is 6.26 Å². The van der Waals surface area contributed by atoms with Crippen molar-refractivity contribution in [3.63, 3.8) is 0 Å². The van der Waals surface area contributed by atoms with E-state index in [0.717, 1.165) is 12.3 Å². The lowest BCUT2D eigenvalue weighted by Crippen LogP contribution is -2.36. The maximum Gasteiger partial charge on any atom is 0.418 e. The summed E-state index contributed by atoms with van der Waals surface area (Å²) in [5.74, 6) is -0.681. The molecule has 1 fully saturated rings. The highest BCUT2D eigenvalue weighted by Gasteiger charge is 2.35. The molecule has 2 aromatic rings. The Balaban J connectivity index is 1.88. The molecule has 0 bridgehead atoms. The van der Waals surface area contributed by atoms with Crippen LogP contribution in [0.2, 0.25) is 0 Å². The fourth-order valence-corrected chi connectivity index (χ4v) is 2.86. The van der Waals surface area contributed by atoms with Crippen molar-refractivity contribution in [2.75, 3.05) is 36.5 Å². The van der Waals surface area contributed by atoms with Crippen molar-refractivity contribution in [1.29, 1.82) is 0 Å². The highest BCUT2D eigenvalue weighted by molar-refractivity contribution is 9.10. The number of nitrogens with one attached hydrogen (secondary N) is 1. The maximum absolute atomic E-state index is 13.4. The fraction of sp³-hybridized carbons (Fsp3) is 0.312. The van der Waals surface area contributed by atoms with Crippen LogP contribution < -0.4 is 10.2 Å². The number of ether oxygens (including phenoxy) is 1. The summed E-state index contributed by atoms with van der Waals surface area (Å²) >= 11 is 3.04. The fourth-order valence-electron chi connectivity index (χ4n) is 2.52. The Labute approximate surface area is 149 Å². The summed E-state index contributed by atoms with van der Waals surface area (Å²) in [5, 5.41) is 2.29. The lowest BCUT2D eigenvalue weighted by atomic mass is 10.1. The number of anilines is 2. The minimum Gasteiger partial charge on any atom is -0.457 e. The number of amides is 1. The van der Waals surface area contributed by atoms with Gasteiger partial charge in [0.15, 0.2) is 4.67 Å². The topological polar surface area (TPSA) is 54.7 Å². The number of hydrogen-bond acceptors (Lipinski definition) is 4. The minimum absolute atomic E-state index is 0.122. The zero-order chi connectivity index (χ0) is 18.0. The molecule has 25 heavy (non-hydrogen) atoms. The SMILES string of the molecule is O=C(Nc1ccc(N2CCOCC2)cc1C(F)(F)F)c1coc(Br)c1. The van der Waals surface area contributed by atoms with Crippen LogP contribution in [0.5, 0.6) is 0 Å². The average molecular weight is 419 g/mol. The molecule has 9 heteroatoms. The second-order valence-corrected chi connectivity index (χ2v) is 6.20. The maximum atomic E-state index is 13.4. The third kappa shape index (κ3) is 4.16. The first-order valence-electron chi connectivity index (χ1n) is 7.44.